The summed E-state index contributed by atoms with van der Waals surface area (Å²) in [5.74, 6) is -0.603. The topological polar surface area (TPSA) is 87.2 Å². The molecule has 1 fully saturated rings. The van der Waals surface area contributed by atoms with Gasteiger partial charge in [0.05, 0.1) is 19.1 Å². The number of benzene rings is 2. The molecule has 1 heterocycles. The molecule has 2 amide bonds. The lowest BCUT2D eigenvalue weighted by atomic mass is 10.0. The predicted octanol–water partition coefficient (Wildman–Crippen LogP) is 2.23. The van der Waals surface area contributed by atoms with Gasteiger partial charge < -0.3 is 19.6 Å². The summed E-state index contributed by atoms with van der Waals surface area (Å²) < 4.78 is 5.29. The Labute approximate surface area is 169 Å². The molecule has 1 aliphatic heterocycles. The average Bonchev–Trinajstić information content (AvgIpc) is 2.74. The summed E-state index contributed by atoms with van der Waals surface area (Å²) in [6, 6.07) is 11.9. The smallest absolute Gasteiger partial charge is 0.335 e. The van der Waals surface area contributed by atoms with Gasteiger partial charge in [-0.15, -0.1) is 0 Å². The van der Waals surface area contributed by atoms with Crippen molar-refractivity contribution < 1.29 is 24.2 Å². The van der Waals surface area contributed by atoms with E-state index < -0.39 is 5.97 Å². The highest BCUT2D eigenvalue weighted by Gasteiger charge is 2.26. The lowest BCUT2D eigenvalue weighted by Crippen LogP contribution is -2.51. The Morgan fingerprint density at radius 3 is 2.31 bits per heavy atom. The van der Waals surface area contributed by atoms with Crippen molar-refractivity contribution in [1.29, 1.82) is 0 Å². The molecule has 3 rings (SSSR count). The quantitative estimate of drug-likeness (QED) is 0.838. The molecule has 1 aliphatic rings. The number of rotatable bonds is 5. The summed E-state index contributed by atoms with van der Waals surface area (Å²) >= 11 is 0. The van der Waals surface area contributed by atoms with Crippen molar-refractivity contribution in [3.8, 4) is 5.75 Å². The van der Waals surface area contributed by atoms with Gasteiger partial charge in [-0.2, -0.15) is 0 Å². The van der Waals surface area contributed by atoms with E-state index in [1.807, 2.05) is 13.0 Å². The first-order chi connectivity index (χ1) is 13.9. The third-order valence-corrected chi connectivity index (χ3v) is 5.16. The van der Waals surface area contributed by atoms with Crippen molar-refractivity contribution in [1.82, 2.24) is 9.80 Å². The summed E-state index contributed by atoms with van der Waals surface area (Å²) in [5.41, 5.74) is 2.15. The van der Waals surface area contributed by atoms with E-state index in [2.05, 4.69) is 0 Å². The number of carbonyl (C=O) groups excluding carboxylic acids is 2. The Morgan fingerprint density at radius 1 is 1.00 bits per heavy atom. The fraction of sp³-hybridized carbons (Fsp3) is 0.318. The number of aryl methyl sites for hydroxylation is 1. The third-order valence-electron chi connectivity index (χ3n) is 5.16. The molecule has 0 unspecified atom stereocenters. The largest absolute Gasteiger partial charge is 0.496 e. The van der Waals surface area contributed by atoms with Crippen molar-refractivity contribution in [3.05, 3.63) is 64.7 Å². The summed E-state index contributed by atoms with van der Waals surface area (Å²) in [5, 5.41) is 9.27. The molecule has 0 radical (unpaired) electrons. The van der Waals surface area contributed by atoms with E-state index in [4.69, 9.17) is 4.74 Å². The number of carboxylic acids is 1. The molecule has 0 bridgehead atoms. The van der Waals surface area contributed by atoms with Crippen LogP contribution in [0.4, 0.5) is 0 Å². The van der Waals surface area contributed by atoms with E-state index >= 15 is 0 Å². The summed E-state index contributed by atoms with van der Waals surface area (Å²) in [4.78, 5) is 40.1. The SMILES string of the molecule is COc1cc(C(=O)N2CCN(C(=O)Cc3ccccc3C(=O)O)CC2)ccc1C. The second kappa shape index (κ2) is 8.77. The number of carboxylic acid groups (broad SMARTS) is 1. The van der Waals surface area contributed by atoms with E-state index in [1.54, 1.807) is 47.2 Å². The molecule has 7 heteroatoms. The number of methoxy groups -OCH3 is 1. The van der Waals surface area contributed by atoms with Crippen LogP contribution < -0.4 is 4.74 Å². The summed E-state index contributed by atoms with van der Waals surface area (Å²) in [6.45, 7) is 3.62. The molecule has 0 aromatic heterocycles. The van der Waals surface area contributed by atoms with Crippen LogP contribution in [-0.4, -0.2) is 66.0 Å². The number of carbonyl (C=O) groups is 3. The van der Waals surface area contributed by atoms with Gasteiger partial charge in [0.25, 0.3) is 5.91 Å². The lowest BCUT2D eigenvalue weighted by molar-refractivity contribution is -0.131. The molecule has 0 spiro atoms. The first-order valence-corrected chi connectivity index (χ1v) is 9.43. The number of hydrogen-bond donors (Lipinski definition) is 1. The molecule has 0 aliphatic carbocycles. The minimum Gasteiger partial charge on any atom is -0.496 e. The molecule has 29 heavy (non-hydrogen) atoms. The van der Waals surface area contributed by atoms with Gasteiger partial charge in [0.1, 0.15) is 5.75 Å². The Hall–Kier alpha value is -3.35. The van der Waals surface area contributed by atoms with Crippen LogP contribution >= 0.6 is 0 Å². The number of amides is 2. The first-order valence-electron chi connectivity index (χ1n) is 9.43. The minimum absolute atomic E-state index is 0.0333. The standard InChI is InChI=1S/C22H24N2O5/c1-15-7-8-17(13-19(15)29-2)21(26)24-11-9-23(10-12-24)20(25)14-16-5-3-4-6-18(16)22(27)28/h3-8,13H,9-12,14H2,1-2H3,(H,27,28). The van der Waals surface area contributed by atoms with E-state index in [0.717, 1.165) is 5.56 Å². The predicted molar refractivity (Wildman–Crippen MR) is 107 cm³/mol. The van der Waals surface area contributed by atoms with Crippen LogP contribution in [0.3, 0.4) is 0 Å². The molecule has 1 N–H and O–H groups in total. The maximum absolute atomic E-state index is 12.8. The normalized spacial score (nSPS) is 13.9. The van der Waals surface area contributed by atoms with E-state index in [0.29, 0.717) is 43.1 Å². The van der Waals surface area contributed by atoms with Crippen molar-refractivity contribution in [2.75, 3.05) is 33.3 Å². The monoisotopic (exact) mass is 396 g/mol. The average molecular weight is 396 g/mol. The third kappa shape index (κ3) is 4.56. The molecule has 152 valence electrons. The molecular weight excluding hydrogens is 372 g/mol. The first kappa shape index (κ1) is 20.4. The minimum atomic E-state index is -1.04. The van der Waals surface area contributed by atoms with Gasteiger partial charge in [0.2, 0.25) is 5.91 Å². The fourth-order valence-electron chi connectivity index (χ4n) is 3.45. The van der Waals surface area contributed by atoms with Gasteiger partial charge >= 0.3 is 5.97 Å². The van der Waals surface area contributed by atoms with Crippen LogP contribution in [0.5, 0.6) is 5.75 Å². The lowest BCUT2D eigenvalue weighted by Gasteiger charge is -2.35. The van der Waals surface area contributed by atoms with Crippen LogP contribution in [0.25, 0.3) is 0 Å². The highest BCUT2D eigenvalue weighted by Crippen LogP contribution is 2.21. The maximum Gasteiger partial charge on any atom is 0.335 e. The van der Waals surface area contributed by atoms with Crippen molar-refractivity contribution in [3.63, 3.8) is 0 Å². The second-order valence-corrected chi connectivity index (χ2v) is 7.00. The Bertz CT molecular complexity index is 933. The van der Waals surface area contributed by atoms with Gasteiger partial charge in [-0.3, -0.25) is 9.59 Å². The molecule has 2 aromatic carbocycles. The number of aromatic carboxylic acids is 1. The molecule has 7 nitrogen and oxygen atoms in total. The zero-order valence-electron chi connectivity index (χ0n) is 16.6. The van der Waals surface area contributed by atoms with Crippen molar-refractivity contribution in [2.45, 2.75) is 13.3 Å². The summed E-state index contributed by atoms with van der Waals surface area (Å²) in [7, 11) is 1.57. The van der Waals surface area contributed by atoms with Gasteiger partial charge in [-0.25, -0.2) is 4.79 Å². The van der Waals surface area contributed by atoms with Gasteiger partial charge in [-0.1, -0.05) is 24.3 Å². The Morgan fingerprint density at radius 2 is 1.66 bits per heavy atom. The number of ether oxygens (including phenoxy) is 1. The molecular formula is C22H24N2O5. The van der Waals surface area contributed by atoms with Gasteiger partial charge in [0.15, 0.2) is 0 Å². The highest BCUT2D eigenvalue weighted by molar-refractivity contribution is 5.95. The highest BCUT2D eigenvalue weighted by atomic mass is 16.5. The van der Waals surface area contributed by atoms with Crippen LogP contribution in [0.15, 0.2) is 42.5 Å². The van der Waals surface area contributed by atoms with Crippen LogP contribution in [0.2, 0.25) is 0 Å². The van der Waals surface area contributed by atoms with Crippen molar-refractivity contribution >= 4 is 17.8 Å². The number of nitrogens with zero attached hydrogens (tertiary/aromatic N) is 2. The Kier molecular flexibility index (Phi) is 6.16. The number of hydrogen-bond acceptors (Lipinski definition) is 4. The molecule has 0 saturated carbocycles. The van der Waals surface area contributed by atoms with Gasteiger partial charge in [0, 0.05) is 31.7 Å². The molecule has 2 aromatic rings. The van der Waals surface area contributed by atoms with Crippen LogP contribution in [0.1, 0.15) is 31.8 Å². The molecule has 0 atom stereocenters. The second-order valence-electron chi connectivity index (χ2n) is 7.00. The maximum atomic E-state index is 12.8. The number of piperazine rings is 1. The molecule has 1 saturated heterocycles. The summed E-state index contributed by atoms with van der Waals surface area (Å²) in [6.07, 6.45) is 0.0333. The van der Waals surface area contributed by atoms with E-state index in [9.17, 15) is 19.5 Å². The van der Waals surface area contributed by atoms with E-state index in [1.165, 1.54) is 6.07 Å². The van der Waals surface area contributed by atoms with Crippen LogP contribution in [0, 0.1) is 6.92 Å². The van der Waals surface area contributed by atoms with Crippen LogP contribution in [-0.2, 0) is 11.2 Å². The zero-order valence-corrected chi connectivity index (χ0v) is 16.6. The Balaban J connectivity index is 1.61. The van der Waals surface area contributed by atoms with Crippen molar-refractivity contribution in [2.24, 2.45) is 0 Å². The van der Waals surface area contributed by atoms with E-state index in [-0.39, 0.29) is 23.8 Å². The fourth-order valence-corrected chi connectivity index (χ4v) is 3.45. The zero-order chi connectivity index (χ0) is 21.0. The van der Waals surface area contributed by atoms with Gasteiger partial charge in [-0.05, 0) is 36.2 Å².